The minimum atomic E-state index is -0.577. The van der Waals surface area contributed by atoms with Crippen molar-refractivity contribution >= 4 is 35.0 Å². The molecular weight excluding hydrogens is 225 g/mol. The molecule has 3 nitrogen and oxygen atoms in total. The molecule has 76 valence electrons. The van der Waals surface area contributed by atoms with Crippen molar-refractivity contribution in [2.75, 3.05) is 12.4 Å². The van der Waals surface area contributed by atoms with Crippen LogP contribution in [0.4, 0.5) is 10.5 Å². The number of ether oxygens (including phenoxy) is 1. The van der Waals surface area contributed by atoms with Gasteiger partial charge in [0.1, 0.15) is 0 Å². The lowest BCUT2D eigenvalue weighted by molar-refractivity contribution is 0.187. The summed E-state index contributed by atoms with van der Waals surface area (Å²) in [6, 6.07) is 3.26. The number of anilines is 1. The van der Waals surface area contributed by atoms with Crippen molar-refractivity contribution in [1.82, 2.24) is 0 Å². The minimum absolute atomic E-state index is 0.428. The van der Waals surface area contributed by atoms with Gasteiger partial charge in [0, 0.05) is 5.02 Å². The molecule has 0 unspecified atom stereocenters. The van der Waals surface area contributed by atoms with E-state index >= 15 is 0 Å². The van der Waals surface area contributed by atoms with Gasteiger partial charge in [0.25, 0.3) is 0 Å². The summed E-state index contributed by atoms with van der Waals surface area (Å²) in [5.74, 6) is 0. The average molecular weight is 234 g/mol. The van der Waals surface area contributed by atoms with Crippen LogP contribution in [0.25, 0.3) is 0 Å². The van der Waals surface area contributed by atoms with Crippen molar-refractivity contribution in [1.29, 1.82) is 0 Å². The third-order valence-electron chi connectivity index (χ3n) is 1.67. The fourth-order valence-electron chi connectivity index (χ4n) is 0.903. The molecule has 0 fully saturated rings. The number of rotatable bonds is 1. The number of nitrogens with one attached hydrogen (secondary N) is 1. The van der Waals surface area contributed by atoms with Crippen LogP contribution < -0.4 is 5.32 Å². The van der Waals surface area contributed by atoms with E-state index in [2.05, 4.69) is 10.1 Å². The zero-order valence-corrected chi connectivity index (χ0v) is 9.24. The molecule has 0 aliphatic rings. The van der Waals surface area contributed by atoms with Crippen molar-refractivity contribution in [3.63, 3.8) is 0 Å². The number of hydrogen-bond acceptors (Lipinski definition) is 2. The highest BCUT2D eigenvalue weighted by Crippen LogP contribution is 2.28. The van der Waals surface area contributed by atoms with E-state index in [1.807, 2.05) is 6.92 Å². The van der Waals surface area contributed by atoms with Crippen LogP contribution in [0.3, 0.4) is 0 Å². The maximum atomic E-state index is 10.9. The smallest absolute Gasteiger partial charge is 0.411 e. The first-order valence-electron chi connectivity index (χ1n) is 3.85. The lowest BCUT2D eigenvalue weighted by atomic mass is 10.2. The Morgan fingerprint density at radius 1 is 1.36 bits per heavy atom. The third-order valence-corrected chi connectivity index (χ3v) is 2.39. The number of halogens is 2. The predicted molar refractivity (Wildman–Crippen MR) is 57.2 cm³/mol. The van der Waals surface area contributed by atoms with Crippen LogP contribution >= 0.6 is 23.2 Å². The number of hydrogen-bond donors (Lipinski definition) is 1. The average Bonchev–Trinajstić information content (AvgIpc) is 2.14. The van der Waals surface area contributed by atoms with Gasteiger partial charge < -0.3 is 4.74 Å². The molecule has 0 aromatic heterocycles. The Morgan fingerprint density at radius 2 is 2.00 bits per heavy atom. The molecule has 1 N–H and O–H groups in total. The van der Waals surface area contributed by atoms with Crippen LogP contribution in [0.2, 0.25) is 10.0 Å². The molecule has 0 saturated carbocycles. The van der Waals surface area contributed by atoms with Crippen molar-refractivity contribution in [2.45, 2.75) is 6.92 Å². The predicted octanol–water partition coefficient (Wildman–Crippen LogP) is 3.48. The van der Waals surface area contributed by atoms with Crippen LogP contribution in [0.15, 0.2) is 12.1 Å². The molecule has 0 radical (unpaired) electrons. The number of benzene rings is 1. The highest BCUT2D eigenvalue weighted by atomic mass is 35.5. The second kappa shape index (κ2) is 4.53. The number of carbonyl (C=O) groups excluding carboxylic acids is 1. The van der Waals surface area contributed by atoms with Crippen LogP contribution in [0, 0.1) is 6.92 Å². The van der Waals surface area contributed by atoms with Crippen molar-refractivity contribution in [2.24, 2.45) is 0 Å². The van der Waals surface area contributed by atoms with Crippen LogP contribution in [-0.2, 0) is 4.74 Å². The molecule has 0 atom stereocenters. The van der Waals surface area contributed by atoms with Crippen LogP contribution in [0.1, 0.15) is 5.56 Å². The van der Waals surface area contributed by atoms with Gasteiger partial charge in [-0.3, -0.25) is 5.32 Å². The molecule has 5 heteroatoms. The Hall–Kier alpha value is -0.930. The summed E-state index contributed by atoms with van der Waals surface area (Å²) in [4.78, 5) is 10.9. The van der Waals surface area contributed by atoms with Gasteiger partial charge in [-0.25, -0.2) is 4.79 Å². The summed E-state index contributed by atoms with van der Waals surface area (Å²) in [6.07, 6.45) is -0.577. The number of carbonyl (C=O) groups is 1. The van der Waals surface area contributed by atoms with Gasteiger partial charge in [-0.2, -0.15) is 0 Å². The standard InChI is InChI=1S/C9H9Cl2NO2/c1-5-3-7(11)8(4-6(5)10)12-9(13)14-2/h3-4H,1-2H3,(H,12,13). The number of aryl methyl sites for hydroxylation is 1. The zero-order chi connectivity index (χ0) is 10.7. The molecule has 0 saturated heterocycles. The topological polar surface area (TPSA) is 38.3 Å². The normalized spacial score (nSPS) is 9.71. The first-order chi connectivity index (χ1) is 6.54. The van der Waals surface area contributed by atoms with Gasteiger partial charge in [0.15, 0.2) is 0 Å². The lowest BCUT2D eigenvalue weighted by Gasteiger charge is -2.07. The molecule has 1 aromatic carbocycles. The highest BCUT2D eigenvalue weighted by molar-refractivity contribution is 6.36. The molecule has 0 bridgehead atoms. The molecule has 0 heterocycles. The quantitative estimate of drug-likeness (QED) is 0.807. The van der Waals surface area contributed by atoms with Crippen molar-refractivity contribution < 1.29 is 9.53 Å². The molecule has 0 aliphatic carbocycles. The van der Waals surface area contributed by atoms with E-state index in [4.69, 9.17) is 23.2 Å². The molecule has 0 aliphatic heterocycles. The van der Waals surface area contributed by atoms with Gasteiger partial charge in [-0.15, -0.1) is 0 Å². The maximum absolute atomic E-state index is 10.9. The van der Waals surface area contributed by atoms with Gasteiger partial charge in [-0.1, -0.05) is 23.2 Å². The summed E-state index contributed by atoms with van der Waals surface area (Å²) in [5, 5.41) is 3.42. The summed E-state index contributed by atoms with van der Waals surface area (Å²) < 4.78 is 4.43. The van der Waals surface area contributed by atoms with Gasteiger partial charge >= 0.3 is 6.09 Å². The van der Waals surface area contributed by atoms with Crippen LogP contribution in [0.5, 0.6) is 0 Å². The van der Waals surface area contributed by atoms with E-state index in [9.17, 15) is 4.79 Å². The Kier molecular flexibility index (Phi) is 3.61. The lowest BCUT2D eigenvalue weighted by Crippen LogP contribution is -2.11. The van der Waals surface area contributed by atoms with E-state index in [1.165, 1.54) is 7.11 Å². The molecule has 0 spiro atoms. The van der Waals surface area contributed by atoms with E-state index in [0.717, 1.165) is 5.56 Å². The SMILES string of the molecule is COC(=O)Nc1cc(Cl)c(C)cc1Cl. The molecule has 14 heavy (non-hydrogen) atoms. The van der Waals surface area contributed by atoms with Gasteiger partial charge in [0.05, 0.1) is 17.8 Å². The zero-order valence-electron chi connectivity index (χ0n) is 7.73. The Balaban J connectivity index is 2.98. The Morgan fingerprint density at radius 3 is 2.57 bits per heavy atom. The molecule has 1 amide bonds. The highest BCUT2D eigenvalue weighted by Gasteiger charge is 2.07. The summed E-state index contributed by atoms with van der Waals surface area (Å²) in [5.41, 5.74) is 1.29. The Labute approximate surface area is 92.0 Å². The first-order valence-corrected chi connectivity index (χ1v) is 4.61. The number of amides is 1. The Bertz CT molecular complexity index is 366. The van der Waals surface area contributed by atoms with E-state index in [1.54, 1.807) is 12.1 Å². The minimum Gasteiger partial charge on any atom is -0.453 e. The maximum Gasteiger partial charge on any atom is 0.411 e. The number of methoxy groups -OCH3 is 1. The summed E-state index contributed by atoms with van der Waals surface area (Å²) in [7, 11) is 1.28. The molecule has 1 aromatic rings. The van der Waals surface area contributed by atoms with E-state index in [0.29, 0.717) is 15.7 Å². The van der Waals surface area contributed by atoms with Gasteiger partial charge in [0.2, 0.25) is 0 Å². The second-order valence-electron chi connectivity index (χ2n) is 2.70. The van der Waals surface area contributed by atoms with E-state index < -0.39 is 6.09 Å². The second-order valence-corrected chi connectivity index (χ2v) is 3.51. The molecule has 1 rings (SSSR count). The summed E-state index contributed by atoms with van der Waals surface area (Å²) in [6.45, 7) is 1.83. The fourth-order valence-corrected chi connectivity index (χ4v) is 1.33. The first kappa shape index (κ1) is 11.1. The van der Waals surface area contributed by atoms with Crippen molar-refractivity contribution in [3.05, 3.63) is 27.7 Å². The monoisotopic (exact) mass is 233 g/mol. The van der Waals surface area contributed by atoms with Crippen molar-refractivity contribution in [3.8, 4) is 0 Å². The molecular formula is C9H9Cl2NO2. The largest absolute Gasteiger partial charge is 0.453 e. The van der Waals surface area contributed by atoms with E-state index in [-0.39, 0.29) is 0 Å². The fraction of sp³-hybridized carbons (Fsp3) is 0.222. The van der Waals surface area contributed by atoms with Gasteiger partial charge in [-0.05, 0) is 24.6 Å². The summed E-state index contributed by atoms with van der Waals surface area (Å²) >= 11 is 11.7. The van der Waals surface area contributed by atoms with Crippen LogP contribution in [-0.4, -0.2) is 13.2 Å². The third kappa shape index (κ3) is 2.53.